The Hall–Kier alpha value is -2.61. The van der Waals surface area contributed by atoms with Crippen molar-refractivity contribution in [3.05, 3.63) is 71.7 Å². The number of nitrogens with two attached hydrogens (primary N) is 1. The summed E-state index contributed by atoms with van der Waals surface area (Å²) in [6.07, 6.45) is 2.99. The minimum atomic E-state index is -0.244. The molecule has 4 N–H and O–H groups in total. The van der Waals surface area contributed by atoms with Crippen LogP contribution in [0.4, 0.5) is 4.39 Å². The van der Waals surface area contributed by atoms with Crippen molar-refractivity contribution in [1.82, 2.24) is 25.8 Å². The summed E-state index contributed by atoms with van der Waals surface area (Å²) in [5.74, 6) is 0.412. The third kappa shape index (κ3) is 3.57. The molecule has 0 spiro atoms. The van der Waals surface area contributed by atoms with Crippen molar-refractivity contribution < 1.29 is 4.39 Å². The number of hydrogen-bond acceptors (Lipinski definition) is 5. The van der Waals surface area contributed by atoms with E-state index < -0.39 is 0 Å². The van der Waals surface area contributed by atoms with Gasteiger partial charge in [0.05, 0.1) is 24.1 Å². The zero-order chi connectivity index (χ0) is 19.8. The molecule has 1 aromatic heterocycles. The van der Waals surface area contributed by atoms with Crippen molar-refractivity contribution in [2.45, 2.75) is 43.9 Å². The van der Waals surface area contributed by atoms with E-state index in [4.69, 9.17) is 5.73 Å². The van der Waals surface area contributed by atoms with Crippen LogP contribution in [0, 0.1) is 11.7 Å². The lowest BCUT2D eigenvalue weighted by Crippen LogP contribution is -2.39. The molecule has 4 atom stereocenters. The van der Waals surface area contributed by atoms with Crippen LogP contribution in [0.15, 0.2) is 54.6 Å². The molecule has 29 heavy (non-hydrogen) atoms. The molecule has 6 nitrogen and oxygen atoms in total. The SMILES string of the molecule is NC1NNC2CCC(c3nnn(Cc4ccccc4)c3-c3ccc(F)cc3)CC12. The molecule has 2 fully saturated rings. The Morgan fingerprint density at radius 3 is 2.62 bits per heavy atom. The molecule has 1 saturated heterocycles. The van der Waals surface area contributed by atoms with E-state index in [1.165, 1.54) is 12.1 Å². The van der Waals surface area contributed by atoms with E-state index >= 15 is 0 Å². The summed E-state index contributed by atoms with van der Waals surface area (Å²) >= 11 is 0. The van der Waals surface area contributed by atoms with Crippen LogP contribution >= 0.6 is 0 Å². The van der Waals surface area contributed by atoms with E-state index in [0.29, 0.717) is 18.5 Å². The summed E-state index contributed by atoms with van der Waals surface area (Å²) in [6, 6.07) is 17.2. The smallest absolute Gasteiger partial charge is 0.123 e. The third-order valence-electron chi connectivity index (χ3n) is 6.24. The second-order valence-electron chi connectivity index (χ2n) is 8.07. The van der Waals surface area contributed by atoms with Gasteiger partial charge in [0.2, 0.25) is 0 Å². The van der Waals surface area contributed by atoms with Crippen molar-refractivity contribution >= 4 is 0 Å². The monoisotopic (exact) mass is 392 g/mol. The Morgan fingerprint density at radius 1 is 1.03 bits per heavy atom. The molecule has 2 aliphatic rings. The number of hydrogen-bond donors (Lipinski definition) is 3. The van der Waals surface area contributed by atoms with Gasteiger partial charge >= 0.3 is 0 Å². The van der Waals surface area contributed by atoms with E-state index in [9.17, 15) is 4.39 Å². The highest BCUT2D eigenvalue weighted by atomic mass is 19.1. The van der Waals surface area contributed by atoms with Crippen LogP contribution in [-0.2, 0) is 6.54 Å². The number of aromatic nitrogens is 3. The largest absolute Gasteiger partial charge is 0.315 e. The molecule has 7 heteroatoms. The number of halogens is 1. The van der Waals surface area contributed by atoms with Crippen LogP contribution in [0.25, 0.3) is 11.3 Å². The van der Waals surface area contributed by atoms with Gasteiger partial charge in [0.25, 0.3) is 0 Å². The summed E-state index contributed by atoms with van der Waals surface area (Å²) in [7, 11) is 0. The molecule has 4 unspecified atom stereocenters. The fraction of sp³-hybridized carbons (Fsp3) is 0.364. The molecular formula is C22H25FN6. The maximum atomic E-state index is 13.6. The highest BCUT2D eigenvalue weighted by Gasteiger charge is 2.40. The topological polar surface area (TPSA) is 80.8 Å². The number of benzene rings is 2. The minimum absolute atomic E-state index is 0.0450. The molecular weight excluding hydrogens is 367 g/mol. The summed E-state index contributed by atoms with van der Waals surface area (Å²) in [4.78, 5) is 0. The van der Waals surface area contributed by atoms with Gasteiger partial charge in [-0.2, -0.15) is 0 Å². The van der Waals surface area contributed by atoms with Crippen LogP contribution in [0.1, 0.15) is 36.4 Å². The summed E-state index contributed by atoms with van der Waals surface area (Å²) < 4.78 is 15.5. The first kappa shape index (κ1) is 18.4. The summed E-state index contributed by atoms with van der Waals surface area (Å²) in [6.45, 7) is 0.627. The van der Waals surface area contributed by atoms with E-state index in [-0.39, 0.29) is 17.9 Å². The Bertz CT molecular complexity index is 971. The van der Waals surface area contributed by atoms with Crippen LogP contribution < -0.4 is 16.6 Å². The molecule has 1 aliphatic carbocycles. The predicted octanol–water partition coefficient (Wildman–Crippen LogP) is 2.78. The highest BCUT2D eigenvalue weighted by Crippen LogP contribution is 2.41. The minimum Gasteiger partial charge on any atom is -0.315 e. The molecule has 2 aromatic carbocycles. The Kier molecular flexibility index (Phi) is 4.87. The number of nitrogens with one attached hydrogen (secondary N) is 2. The van der Waals surface area contributed by atoms with Gasteiger partial charge in [-0.1, -0.05) is 35.5 Å². The number of rotatable bonds is 4. The molecule has 2 heterocycles. The highest BCUT2D eigenvalue weighted by molar-refractivity contribution is 5.62. The van der Waals surface area contributed by atoms with Crippen LogP contribution in [0.2, 0.25) is 0 Å². The lowest BCUT2D eigenvalue weighted by molar-refractivity contribution is 0.276. The standard InChI is InChI=1S/C22H25FN6/c23-17-9-6-15(7-10-17)21-20(16-8-11-19-18(12-16)22(24)27-25-19)26-28-29(21)13-14-4-2-1-3-5-14/h1-7,9-10,16,18-19,22,25,27H,8,11-13,24H2. The van der Waals surface area contributed by atoms with Crippen molar-refractivity contribution in [2.75, 3.05) is 0 Å². The Labute approximate surface area is 169 Å². The zero-order valence-electron chi connectivity index (χ0n) is 16.1. The fourth-order valence-corrected chi connectivity index (χ4v) is 4.71. The van der Waals surface area contributed by atoms with Gasteiger partial charge in [-0.25, -0.2) is 14.5 Å². The average molecular weight is 392 g/mol. The average Bonchev–Trinajstić information content (AvgIpc) is 3.33. The molecule has 5 rings (SSSR count). The van der Waals surface area contributed by atoms with Crippen molar-refractivity contribution in [3.8, 4) is 11.3 Å². The summed E-state index contributed by atoms with van der Waals surface area (Å²) in [5.41, 5.74) is 16.8. The van der Waals surface area contributed by atoms with Crippen molar-refractivity contribution in [3.63, 3.8) is 0 Å². The zero-order valence-corrected chi connectivity index (χ0v) is 16.1. The maximum Gasteiger partial charge on any atom is 0.123 e. The van der Waals surface area contributed by atoms with E-state index in [1.54, 1.807) is 0 Å². The van der Waals surface area contributed by atoms with Gasteiger partial charge in [-0.05, 0) is 49.1 Å². The van der Waals surface area contributed by atoms with E-state index in [0.717, 1.165) is 41.8 Å². The second-order valence-corrected chi connectivity index (χ2v) is 8.07. The van der Waals surface area contributed by atoms with Crippen LogP contribution in [0.5, 0.6) is 0 Å². The first-order chi connectivity index (χ1) is 14.2. The molecule has 1 aliphatic heterocycles. The molecule has 0 radical (unpaired) electrons. The van der Waals surface area contributed by atoms with Gasteiger partial charge in [-0.15, -0.1) is 5.10 Å². The van der Waals surface area contributed by atoms with Gasteiger partial charge in [0, 0.05) is 23.4 Å². The number of hydrazine groups is 1. The third-order valence-corrected chi connectivity index (χ3v) is 6.24. The first-order valence-electron chi connectivity index (χ1n) is 10.2. The second kappa shape index (κ2) is 7.67. The lowest BCUT2D eigenvalue weighted by atomic mass is 9.76. The van der Waals surface area contributed by atoms with Gasteiger partial charge in [-0.3, -0.25) is 5.43 Å². The quantitative estimate of drug-likeness (QED) is 0.636. The molecule has 0 bridgehead atoms. The normalized spacial score (nSPS) is 26.4. The van der Waals surface area contributed by atoms with Gasteiger partial charge in [0.1, 0.15) is 5.82 Å². The maximum absolute atomic E-state index is 13.6. The molecule has 150 valence electrons. The van der Waals surface area contributed by atoms with Crippen molar-refractivity contribution in [1.29, 1.82) is 0 Å². The van der Waals surface area contributed by atoms with Gasteiger partial charge < -0.3 is 5.73 Å². The van der Waals surface area contributed by atoms with Crippen molar-refractivity contribution in [2.24, 2.45) is 11.7 Å². The summed E-state index contributed by atoms with van der Waals surface area (Å²) in [5, 5.41) is 9.11. The number of nitrogens with zero attached hydrogens (tertiary/aromatic N) is 3. The van der Waals surface area contributed by atoms with Crippen LogP contribution in [0.3, 0.4) is 0 Å². The fourth-order valence-electron chi connectivity index (χ4n) is 4.71. The number of fused-ring (bicyclic) bond motifs is 1. The van der Waals surface area contributed by atoms with Gasteiger partial charge in [0.15, 0.2) is 0 Å². The van der Waals surface area contributed by atoms with E-state index in [1.807, 2.05) is 35.0 Å². The molecule has 1 saturated carbocycles. The first-order valence-corrected chi connectivity index (χ1v) is 10.2. The lowest BCUT2D eigenvalue weighted by Gasteiger charge is -2.31. The van der Waals surface area contributed by atoms with Crippen LogP contribution in [-0.4, -0.2) is 27.2 Å². The predicted molar refractivity (Wildman–Crippen MR) is 109 cm³/mol. The Morgan fingerprint density at radius 2 is 1.83 bits per heavy atom. The van der Waals surface area contributed by atoms with E-state index in [2.05, 4.69) is 33.3 Å². The molecule has 3 aromatic rings. The Balaban J connectivity index is 1.52. The molecule has 0 amide bonds.